The number of rotatable bonds is 5. The molecule has 1 heterocycles. The lowest BCUT2D eigenvalue weighted by Gasteiger charge is -2.20. The van der Waals surface area contributed by atoms with Crippen molar-refractivity contribution in [1.82, 2.24) is 4.57 Å². The third kappa shape index (κ3) is 3.61. The van der Waals surface area contributed by atoms with E-state index < -0.39 is 0 Å². The maximum absolute atomic E-state index is 6.02. The lowest BCUT2D eigenvalue weighted by Crippen LogP contribution is -2.09. The third-order valence-electron chi connectivity index (χ3n) is 6.44. The molecular formula is C28H29N5. The summed E-state index contributed by atoms with van der Waals surface area (Å²) in [4.78, 5) is 4.35. The summed E-state index contributed by atoms with van der Waals surface area (Å²) in [6, 6.07) is 29.3. The topological polar surface area (TPSA) is 63.5 Å². The van der Waals surface area contributed by atoms with E-state index in [0.29, 0.717) is 0 Å². The lowest BCUT2D eigenvalue weighted by atomic mass is 10.1. The summed E-state index contributed by atoms with van der Waals surface area (Å²) in [5.41, 5.74) is 20.4. The second kappa shape index (κ2) is 8.10. The molecule has 0 aliphatic rings. The van der Waals surface area contributed by atoms with E-state index in [-0.39, 0.29) is 0 Å². The number of nitrogen functional groups attached to an aromatic ring is 2. The number of nitrogens with zero attached hydrogens (tertiary/aromatic N) is 3. The van der Waals surface area contributed by atoms with Crippen LogP contribution in [0.3, 0.4) is 0 Å². The molecule has 0 atom stereocenters. The second-order valence-corrected chi connectivity index (χ2v) is 8.46. The molecule has 0 radical (unpaired) electrons. The number of hydrogen-bond acceptors (Lipinski definition) is 4. The van der Waals surface area contributed by atoms with Crippen LogP contribution in [0.25, 0.3) is 21.8 Å². The van der Waals surface area contributed by atoms with Gasteiger partial charge in [-0.2, -0.15) is 0 Å². The monoisotopic (exact) mass is 435 g/mol. The van der Waals surface area contributed by atoms with Crippen LogP contribution < -0.4 is 21.3 Å². The standard InChI is InChI=1S/C28H29N5/c1-4-33-27-13-11-23(31(2)21-9-5-7-19(29)15-21)17-25(27)26-18-24(12-14-28(26)33)32(3)22-10-6-8-20(30)16-22/h5-18H,4,29-30H2,1-3H3. The molecule has 0 aliphatic carbocycles. The minimum Gasteiger partial charge on any atom is -0.399 e. The number of aryl methyl sites for hydroxylation is 1. The van der Waals surface area contributed by atoms with Gasteiger partial charge in [0.25, 0.3) is 0 Å². The van der Waals surface area contributed by atoms with Crippen LogP contribution in [0.1, 0.15) is 6.92 Å². The molecule has 0 aliphatic heterocycles. The Morgan fingerprint density at radius 2 is 1.03 bits per heavy atom. The number of benzene rings is 4. The highest BCUT2D eigenvalue weighted by Crippen LogP contribution is 2.37. The smallest absolute Gasteiger partial charge is 0.0492 e. The average Bonchev–Trinajstić information content (AvgIpc) is 3.15. The van der Waals surface area contributed by atoms with Crippen LogP contribution in [0, 0.1) is 0 Å². The molecule has 0 spiro atoms. The second-order valence-electron chi connectivity index (χ2n) is 8.46. The molecule has 0 bridgehead atoms. The van der Waals surface area contributed by atoms with Crippen LogP contribution in [-0.4, -0.2) is 18.7 Å². The maximum Gasteiger partial charge on any atom is 0.0492 e. The van der Waals surface area contributed by atoms with Crippen LogP contribution in [0.15, 0.2) is 84.9 Å². The third-order valence-corrected chi connectivity index (χ3v) is 6.44. The summed E-state index contributed by atoms with van der Waals surface area (Å²) >= 11 is 0. The van der Waals surface area contributed by atoms with E-state index in [0.717, 1.165) is 40.7 Å². The Morgan fingerprint density at radius 1 is 0.606 bits per heavy atom. The SMILES string of the molecule is CCn1c2ccc(N(C)c3cccc(N)c3)cc2c2cc(N(C)c3cccc(N)c3)ccc21. The highest BCUT2D eigenvalue weighted by Gasteiger charge is 2.14. The molecule has 33 heavy (non-hydrogen) atoms. The Bertz CT molecular complexity index is 1360. The van der Waals surface area contributed by atoms with E-state index in [1.165, 1.54) is 21.8 Å². The fourth-order valence-electron chi connectivity index (χ4n) is 4.60. The number of anilines is 6. The van der Waals surface area contributed by atoms with E-state index in [2.05, 4.69) is 83.9 Å². The molecular weight excluding hydrogens is 406 g/mol. The van der Waals surface area contributed by atoms with Gasteiger partial charge >= 0.3 is 0 Å². The molecule has 4 aromatic carbocycles. The largest absolute Gasteiger partial charge is 0.399 e. The number of aromatic nitrogens is 1. The van der Waals surface area contributed by atoms with Crippen LogP contribution in [0.4, 0.5) is 34.1 Å². The molecule has 1 aromatic heterocycles. The summed E-state index contributed by atoms with van der Waals surface area (Å²) in [6.45, 7) is 3.10. The predicted molar refractivity (Wildman–Crippen MR) is 143 cm³/mol. The molecule has 166 valence electrons. The molecule has 0 amide bonds. The van der Waals surface area contributed by atoms with Crippen molar-refractivity contribution in [1.29, 1.82) is 0 Å². The zero-order valence-electron chi connectivity index (χ0n) is 19.3. The van der Waals surface area contributed by atoms with Gasteiger partial charge in [0, 0.05) is 76.6 Å². The highest BCUT2D eigenvalue weighted by atomic mass is 15.1. The molecule has 0 saturated carbocycles. The van der Waals surface area contributed by atoms with Crippen molar-refractivity contribution in [2.45, 2.75) is 13.5 Å². The van der Waals surface area contributed by atoms with Gasteiger partial charge in [-0.15, -0.1) is 0 Å². The van der Waals surface area contributed by atoms with Crippen LogP contribution in [0.2, 0.25) is 0 Å². The minimum atomic E-state index is 0.761. The summed E-state index contributed by atoms with van der Waals surface area (Å²) in [5.74, 6) is 0. The molecule has 5 heteroatoms. The van der Waals surface area contributed by atoms with Gasteiger partial charge in [0.15, 0.2) is 0 Å². The zero-order chi connectivity index (χ0) is 23.1. The zero-order valence-corrected chi connectivity index (χ0v) is 19.3. The van der Waals surface area contributed by atoms with Crippen molar-refractivity contribution in [3.05, 3.63) is 84.9 Å². The number of hydrogen-bond donors (Lipinski definition) is 2. The molecule has 5 nitrogen and oxygen atoms in total. The Morgan fingerprint density at radius 3 is 1.42 bits per heavy atom. The van der Waals surface area contributed by atoms with Gasteiger partial charge < -0.3 is 25.8 Å². The first-order valence-corrected chi connectivity index (χ1v) is 11.2. The number of fused-ring (bicyclic) bond motifs is 3. The Balaban J connectivity index is 1.65. The van der Waals surface area contributed by atoms with E-state index in [4.69, 9.17) is 11.5 Å². The number of nitrogens with two attached hydrogens (primary N) is 2. The average molecular weight is 436 g/mol. The summed E-state index contributed by atoms with van der Waals surface area (Å²) < 4.78 is 2.37. The van der Waals surface area contributed by atoms with Crippen molar-refractivity contribution in [3.8, 4) is 0 Å². The molecule has 0 unspecified atom stereocenters. The first-order valence-electron chi connectivity index (χ1n) is 11.2. The van der Waals surface area contributed by atoms with Gasteiger partial charge in [-0.1, -0.05) is 12.1 Å². The van der Waals surface area contributed by atoms with E-state index in [1.807, 2.05) is 36.4 Å². The van der Waals surface area contributed by atoms with Gasteiger partial charge in [-0.25, -0.2) is 0 Å². The Hall–Kier alpha value is -4.12. The maximum atomic E-state index is 6.02. The first kappa shape index (κ1) is 20.8. The molecule has 0 fully saturated rings. The van der Waals surface area contributed by atoms with Crippen molar-refractivity contribution in [3.63, 3.8) is 0 Å². The van der Waals surface area contributed by atoms with Crippen molar-refractivity contribution in [2.24, 2.45) is 0 Å². The van der Waals surface area contributed by atoms with Crippen LogP contribution in [-0.2, 0) is 6.54 Å². The van der Waals surface area contributed by atoms with Gasteiger partial charge in [0.2, 0.25) is 0 Å². The van der Waals surface area contributed by atoms with Gasteiger partial charge in [-0.3, -0.25) is 0 Å². The lowest BCUT2D eigenvalue weighted by molar-refractivity contribution is 0.827. The molecule has 5 rings (SSSR count). The first-order chi connectivity index (χ1) is 16.0. The van der Waals surface area contributed by atoms with Gasteiger partial charge in [-0.05, 0) is 79.7 Å². The summed E-state index contributed by atoms with van der Waals surface area (Å²) in [6.07, 6.45) is 0. The summed E-state index contributed by atoms with van der Waals surface area (Å²) in [7, 11) is 4.15. The van der Waals surface area contributed by atoms with Crippen molar-refractivity contribution in [2.75, 3.05) is 35.4 Å². The normalized spacial score (nSPS) is 11.2. The van der Waals surface area contributed by atoms with Gasteiger partial charge in [0.1, 0.15) is 0 Å². The summed E-state index contributed by atoms with van der Waals surface area (Å²) in [5, 5.41) is 2.48. The van der Waals surface area contributed by atoms with Crippen LogP contribution >= 0.6 is 0 Å². The predicted octanol–water partition coefficient (Wildman–Crippen LogP) is 6.51. The fraction of sp³-hybridized carbons (Fsp3) is 0.143. The van der Waals surface area contributed by atoms with E-state index in [9.17, 15) is 0 Å². The van der Waals surface area contributed by atoms with Crippen molar-refractivity contribution >= 4 is 55.9 Å². The molecule has 0 saturated heterocycles. The molecule has 4 N–H and O–H groups in total. The van der Waals surface area contributed by atoms with E-state index in [1.54, 1.807) is 0 Å². The van der Waals surface area contributed by atoms with Crippen molar-refractivity contribution < 1.29 is 0 Å². The van der Waals surface area contributed by atoms with Gasteiger partial charge in [0.05, 0.1) is 0 Å². The molecule has 5 aromatic rings. The minimum absolute atomic E-state index is 0.761. The van der Waals surface area contributed by atoms with E-state index >= 15 is 0 Å². The Kier molecular flexibility index (Phi) is 5.09. The quantitative estimate of drug-likeness (QED) is 0.309. The van der Waals surface area contributed by atoms with Crippen LogP contribution in [0.5, 0.6) is 0 Å². The fourth-order valence-corrected chi connectivity index (χ4v) is 4.60. The highest BCUT2D eigenvalue weighted by molar-refractivity contribution is 6.10. The Labute approximate surface area is 194 Å².